The highest BCUT2D eigenvalue weighted by Gasteiger charge is 2.42. The molecule has 1 aromatic carbocycles. The minimum absolute atomic E-state index is 0.0581. The van der Waals surface area contributed by atoms with Crippen LogP contribution in [-0.2, 0) is 11.3 Å². The minimum Gasteiger partial charge on any atom is -0.341 e. The highest BCUT2D eigenvalue weighted by molar-refractivity contribution is 6.12. The van der Waals surface area contributed by atoms with Gasteiger partial charge in [-0.3, -0.25) is 9.59 Å². The van der Waals surface area contributed by atoms with E-state index in [0.29, 0.717) is 18.6 Å². The van der Waals surface area contributed by atoms with E-state index in [1.807, 2.05) is 0 Å². The van der Waals surface area contributed by atoms with Crippen molar-refractivity contribution < 1.29 is 22.8 Å². The number of likely N-dealkylation sites (tertiary alicyclic amines) is 1. The van der Waals surface area contributed by atoms with Crippen LogP contribution in [0.5, 0.6) is 0 Å². The van der Waals surface area contributed by atoms with Gasteiger partial charge in [0.25, 0.3) is 5.78 Å². The van der Waals surface area contributed by atoms with Gasteiger partial charge in [-0.2, -0.15) is 13.2 Å². The highest BCUT2D eigenvalue weighted by Crippen LogP contribution is 2.31. The monoisotopic (exact) mass is 352 g/mol. The number of para-hydroxylation sites is 1. The third-order valence-electron chi connectivity index (χ3n) is 4.72. The van der Waals surface area contributed by atoms with Gasteiger partial charge in [-0.1, -0.05) is 18.2 Å². The smallest absolute Gasteiger partial charge is 0.341 e. The molecule has 2 heterocycles. The lowest BCUT2D eigenvalue weighted by atomic mass is 10.1. The van der Waals surface area contributed by atoms with Crippen molar-refractivity contribution in [2.45, 2.75) is 38.9 Å². The summed E-state index contributed by atoms with van der Waals surface area (Å²) in [4.78, 5) is 26.1. The van der Waals surface area contributed by atoms with E-state index in [1.165, 1.54) is 17.6 Å². The predicted molar refractivity (Wildman–Crippen MR) is 87.5 cm³/mol. The largest absolute Gasteiger partial charge is 0.454 e. The first kappa shape index (κ1) is 17.5. The van der Waals surface area contributed by atoms with E-state index < -0.39 is 12.0 Å². The van der Waals surface area contributed by atoms with Crippen LogP contribution in [0.15, 0.2) is 24.3 Å². The second kappa shape index (κ2) is 6.54. The summed E-state index contributed by atoms with van der Waals surface area (Å²) in [6.45, 7) is 2.75. The Bertz CT molecular complexity index is 818. The van der Waals surface area contributed by atoms with Crippen molar-refractivity contribution in [3.63, 3.8) is 0 Å². The van der Waals surface area contributed by atoms with Crippen LogP contribution in [-0.4, -0.2) is 40.4 Å². The molecular weight excluding hydrogens is 333 g/mol. The van der Waals surface area contributed by atoms with Crippen LogP contribution in [0.25, 0.3) is 10.9 Å². The van der Waals surface area contributed by atoms with E-state index in [1.54, 1.807) is 23.1 Å². The van der Waals surface area contributed by atoms with Crippen LogP contribution >= 0.6 is 0 Å². The Kier molecular flexibility index (Phi) is 4.58. The van der Waals surface area contributed by atoms with Gasteiger partial charge in [-0.25, -0.2) is 0 Å². The Hall–Kier alpha value is -2.31. The molecule has 2 aromatic rings. The molecule has 0 bridgehead atoms. The number of alkyl halides is 3. The first-order chi connectivity index (χ1) is 11.8. The predicted octanol–water partition coefficient (Wildman–Crippen LogP) is 3.71. The molecule has 1 amide bonds. The summed E-state index contributed by atoms with van der Waals surface area (Å²) in [7, 11) is 0. The minimum atomic E-state index is -4.95. The molecular formula is C18H19F3N2O2. The number of carbonyl (C=O) groups excluding carboxylic acids is 2. The molecule has 0 aliphatic carbocycles. The lowest BCUT2D eigenvalue weighted by Gasteiger charge is -2.27. The molecule has 0 atom stereocenters. The fourth-order valence-corrected chi connectivity index (χ4v) is 3.44. The quantitative estimate of drug-likeness (QED) is 0.791. The van der Waals surface area contributed by atoms with Gasteiger partial charge >= 0.3 is 6.18 Å². The topological polar surface area (TPSA) is 42.3 Å². The number of ketones is 1. The zero-order valence-corrected chi connectivity index (χ0v) is 13.9. The number of hydrogen-bond acceptors (Lipinski definition) is 2. The Morgan fingerprint density at radius 3 is 2.36 bits per heavy atom. The number of benzene rings is 1. The fourth-order valence-electron chi connectivity index (χ4n) is 3.44. The van der Waals surface area contributed by atoms with E-state index in [-0.39, 0.29) is 29.1 Å². The van der Waals surface area contributed by atoms with Gasteiger partial charge in [0, 0.05) is 29.7 Å². The molecule has 1 aliphatic heterocycles. The summed E-state index contributed by atoms with van der Waals surface area (Å²) in [5.41, 5.74) is 0.279. The van der Waals surface area contributed by atoms with Gasteiger partial charge in [0.2, 0.25) is 5.91 Å². The summed E-state index contributed by atoms with van der Waals surface area (Å²) in [6, 6.07) is 6.40. The molecule has 25 heavy (non-hydrogen) atoms. The van der Waals surface area contributed by atoms with Crippen molar-refractivity contribution in [1.29, 1.82) is 0 Å². The lowest BCUT2D eigenvalue weighted by molar-refractivity contribution is -0.132. The normalized spacial score (nSPS) is 15.6. The van der Waals surface area contributed by atoms with E-state index in [0.717, 1.165) is 19.3 Å². The van der Waals surface area contributed by atoms with Crippen LogP contribution in [0, 0.1) is 6.92 Å². The number of hydrogen-bond donors (Lipinski definition) is 0. The van der Waals surface area contributed by atoms with Crippen molar-refractivity contribution in [1.82, 2.24) is 9.47 Å². The van der Waals surface area contributed by atoms with Gasteiger partial charge < -0.3 is 9.47 Å². The number of carbonyl (C=O) groups is 2. The van der Waals surface area contributed by atoms with Crippen molar-refractivity contribution in [3.05, 3.63) is 35.5 Å². The van der Waals surface area contributed by atoms with Crippen LogP contribution in [0.1, 0.15) is 35.3 Å². The molecule has 1 aromatic heterocycles. The van der Waals surface area contributed by atoms with Crippen molar-refractivity contribution >= 4 is 22.6 Å². The van der Waals surface area contributed by atoms with Crippen LogP contribution < -0.4 is 0 Å². The van der Waals surface area contributed by atoms with E-state index in [4.69, 9.17) is 0 Å². The van der Waals surface area contributed by atoms with Gasteiger partial charge in [-0.05, 0) is 32.3 Å². The maximum atomic E-state index is 13.0. The van der Waals surface area contributed by atoms with Gasteiger partial charge in [0.05, 0.1) is 5.56 Å². The lowest BCUT2D eigenvalue weighted by Crippen LogP contribution is -2.38. The van der Waals surface area contributed by atoms with E-state index >= 15 is 0 Å². The summed E-state index contributed by atoms with van der Waals surface area (Å²) in [5.74, 6) is -2.00. The second-order valence-corrected chi connectivity index (χ2v) is 6.33. The van der Waals surface area contributed by atoms with Crippen molar-refractivity contribution in [2.24, 2.45) is 0 Å². The van der Waals surface area contributed by atoms with E-state index in [9.17, 15) is 22.8 Å². The maximum absolute atomic E-state index is 13.0. The molecule has 1 saturated heterocycles. The van der Waals surface area contributed by atoms with Crippen LogP contribution in [0.4, 0.5) is 13.2 Å². The Morgan fingerprint density at radius 1 is 1.08 bits per heavy atom. The Balaban J connectivity index is 2.02. The van der Waals surface area contributed by atoms with Gasteiger partial charge in [0.1, 0.15) is 6.54 Å². The average Bonchev–Trinajstić information content (AvgIpc) is 2.86. The number of nitrogens with zero attached hydrogens (tertiary/aromatic N) is 2. The number of halogens is 3. The molecule has 0 spiro atoms. The van der Waals surface area contributed by atoms with Gasteiger partial charge in [0.15, 0.2) is 0 Å². The first-order valence-corrected chi connectivity index (χ1v) is 8.28. The molecule has 1 aliphatic rings. The Morgan fingerprint density at radius 2 is 1.72 bits per heavy atom. The van der Waals surface area contributed by atoms with Crippen LogP contribution in [0.2, 0.25) is 0 Å². The zero-order valence-electron chi connectivity index (χ0n) is 13.9. The number of amides is 1. The third-order valence-corrected chi connectivity index (χ3v) is 4.72. The number of rotatable bonds is 3. The van der Waals surface area contributed by atoms with Crippen molar-refractivity contribution in [3.8, 4) is 0 Å². The summed E-state index contributed by atoms with van der Waals surface area (Å²) < 4.78 is 40.4. The maximum Gasteiger partial charge on any atom is 0.454 e. The number of fused-ring (bicyclic) bond motifs is 1. The molecule has 4 nitrogen and oxygen atoms in total. The number of aromatic nitrogens is 1. The molecule has 0 unspecified atom stereocenters. The molecule has 1 fully saturated rings. The molecule has 3 rings (SSSR count). The highest BCUT2D eigenvalue weighted by atomic mass is 19.4. The first-order valence-electron chi connectivity index (χ1n) is 8.28. The fraction of sp³-hybridized carbons (Fsp3) is 0.444. The molecule has 134 valence electrons. The zero-order chi connectivity index (χ0) is 18.2. The summed E-state index contributed by atoms with van der Waals surface area (Å²) in [5, 5.41) is 0.230. The molecule has 0 saturated carbocycles. The average molecular weight is 352 g/mol. The van der Waals surface area contributed by atoms with Gasteiger partial charge in [-0.15, -0.1) is 0 Å². The SMILES string of the molecule is Cc1c(C(=O)C(F)(F)F)c2ccccc2n1CC(=O)N1CCCCC1. The second-order valence-electron chi connectivity index (χ2n) is 6.33. The standard InChI is InChI=1S/C18H19F3N2O2/c1-12-16(17(25)18(19,20)21)13-7-3-4-8-14(13)23(12)11-15(24)22-9-5-2-6-10-22/h3-4,7-8H,2,5-6,9-11H2,1H3. The number of piperidine rings is 1. The summed E-state index contributed by atoms with van der Waals surface area (Å²) >= 11 is 0. The van der Waals surface area contributed by atoms with E-state index in [2.05, 4.69) is 0 Å². The van der Waals surface area contributed by atoms with Crippen LogP contribution in [0.3, 0.4) is 0 Å². The Labute approximate surface area is 143 Å². The molecule has 7 heteroatoms. The third kappa shape index (κ3) is 3.27. The molecule has 0 N–H and O–H groups in total. The number of Topliss-reactive ketones (excluding diaryl/α,β-unsaturated/α-hetero) is 1. The molecule has 0 radical (unpaired) electrons. The summed E-state index contributed by atoms with van der Waals surface area (Å²) in [6.07, 6.45) is -1.99. The van der Waals surface area contributed by atoms with Crippen molar-refractivity contribution in [2.75, 3.05) is 13.1 Å².